The van der Waals surface area contributed by atoms with Crippen LogP contribution in [-0.2, 0) is 4.79 Å². The van der Waals surface area contributed by atoms with Gasteiger partial charge in [-0.05, 0) is 43.7 Å². The smallest absolute Gasteiger partial charge is 0.155 e. The van der Waals surface area contributed by atoms with Gasteiger partial charge in [0.2, 0.25) is 0 Å². The second-order valence-electron chi connectivity index (χ2n) is 7.54. The van der Waals surface area contributed by atoms with Crippen LogP contribution in [0.2, 0.25) is 0 Å². The number of hydrogen-bond donors (Lipinski definition) is 0. The van der Waals surface area contributed by atoms with Gasteiger partial charge in [-0.1, -0.05) is 107 Å². The molecule has 0 atom stereocenters. The maximum Gasteiger partial charge on any atom is 0.155 e. The third kappa shape index (κ3) is 15.2. The summed E-state index contributed by atoms with van der Waals surface area (Å²) in [6, 6.07) is 10.0. The van der Waals surface area contributed by atoms with Crippen molar-refractivity contribution < 1.29 is 4.79 Å². The molecule has 0 aromatic heterocycles. The van der Waals surface area contributed by atoms with E-state index in [1.807, 2.05) is 36.4 Å². The number of hydrogen-bond acceptors (Lipinski definition) is 1. The van der Waals surface area contributed by atoms with Crippen LogP contribution >= 0.6 is 0 Å². The maximum absolute atomic E-state index is 11.9. The number of unbranched alkanes of at least 4 members (excludes halogenated alkanes) is 11. The molecule has 27 heavy (non-hydrogen) atoms. The first-order valence-electron chi connectivity index (χ1n) is 11.2. The van der Waals surface area contributed by atoms with Gasteiger partial charge < -0.3 is 0 Å². The van der Waals surface area contributed by atoms with Crippen LogP contribution in [-0.4, -0.2) is 5.78 Å². The molecular formula is C26H40O. The normalized spacial score (nSPS) is 11.6. The highest BCUT2D eigenvalue weighted by Crippen LogP contribution is 2.10. The summed E-state index contributed by atoms with van der Waals surface area (Å²) in [7, 11) is 0. The van der Waals surface area contributed by atoms with Crippen molar-refractivity contribution in [2.24, 2.45) is 0 Å². The van der Waals surface area contributed by atoms with E-state index in [1.165, 1.54) is 77.0 Å². The lowest BCUT2D eigenvalue weighted by atomic mass is 10.1. The molecule has 0 aliphatic rings. The van der Waals surface area contributed by atoms with Crippen LogP contribution in [0.4, 0.5) is 0 Å². The molecule has 0 spiro atoms. The number of carbonyl (C=O) groups is 1. The van der Waals surface area contributed by atoms with E-state index in [0.29, 0.717) is 6.42 Å². The number of rotatable bonds is 17. The molecule has 0 fully saturated rings. The number of ketones is 1. The first-order chi connectivity index (χ1) is 13.3. The number of benzene rings is 1. The molecule has 0 bridgehead atoms. The number of carbonyl (C=O) groups excluding carboxylic acids is 1. The topological polar surface area (TPSA) is 17.1 Å². The van der Waals surface area contributed by atoms with E-state index in [1.54, 1.807) is 6.08 Å². The Balaban J connectivity index is 1.86. The van der Waals surface area contributed by atoms with E-state index >= 15 is 0 Å². The minimum absolute atomic E-state index is 0.247. The molecule has 0 radical (unpaired) electrons. The first kappa shape index (κ1) is 23.4. The molecule has 1 heteroatoms. The fourth-order valence-corrected chi connectivity index (χ4v) is 3.21. The van der Waals surface area contributed by atoms with Crippen LogP contribution < -0.4 is 0 Å². The van der Waals surface area contributed by atoms with E-state index < -0.39 is 0 Å². The standard InChI is InChI=1S/C26H40O/c1-2-3-4-5-6-7-8-9-10-11-12-13-14-15-19-22-26(27)24-23-25-20-17-16-18-21-25/h9-10,16-18,20-21,23-24H,2-8,11-15,19,22H2,1H3/b10-9-,24-23?. The molecule has 0 heterocycles. The molecule has 1 rings (SSSR count). The SMILES string of the molecule is CCCCCCCC/C=C\CCCCCCCC(=O)C=Cc1ccccc1. The summed E-state index contributed by atoms with van der Waals surface area (Å²) in [6.45, 7) is 2.27. The molecule has 1 aromatic rings. The Morgan fingerprint density at radius 2 is 1.30 bits per heavy atom. The summed E-state index contributed by atoms with van der Waals surface area (Å²) in [5.74, 6) is 0.247. The summed E-state index contributed by atoms with van der Waals surface area (Å²) in [5.41, 5.74) is 1.09. The Bertz CT molecular complexity index is 512. The van der Waals surface area contributed by atoms with Crippen molar-refractivity contribution in [1.29, 1.82) is 0 Å². The average molecular weight is 369 g/mol. The molecule has 0 saturated carbocycles. The van der Waals surface area contributed by atoms with Crippen molar-refractivity contribution >= 4 is 11.9 Å². The predicted molar refractivity (Wildman–Crippen MR) is 120 cm³/mol. The van der Waals surface area contributed by atoms with Gasteiger partial charge in [0.05, 0.1) is 0 Å². The highest BCUT2D eigenvalue weighted by atomic mass is 16.1. The second-order valence-corrected chi connectivity index (χ2v) is 7.54. The van der Waals surface area contributed by atoms with Crippen molar-refractivity contribution in [1.82, 2.24) is 0 Å². The Morgan fingerprint density at radius 1 is 0.741 bits per heavy atom. The summed E-state index contributed by atoms with van der Waals surface area (Å²) in [6.07, 6.45) is 25.9. The van der Waals surface area contributed by atoms with Crippen LogP contribution in [0, 0.1) is 0 Å². The fraction of sp³-hybridized carbons (Fsp3) is 0.577. The zero-order chi connectivity index (χ0) is 19.4. The summed E-state index contributed by atoms with van der Waals surface area (Å²) in [5, 5.41) is 0. The van der Waals surface area contributed by atoms with Crippen LogP contribution in [0.25, 0.3) is 6.08 Å². The van der Waals surface area contributed by atoms with Crippen molar-refractivity contribution in [3.05, 3.63) is 54.1 Å². The van der Waals surface area contributed by atoms with Crippen LogP contribution in [0.1, 0.15) is 102 Å². The van der Waals surface area contributed by atoms with Crippen molar-refractivity contribution in [2.75, 3.05) is 0 Å². The van der Waals surface area contributed by atoms with E-state index in [0.717, 1.165) is 12.0 Å². The average Bonchev–Trinajstić information content (AvgIpc) is 2.70. The highest BCUT2D eigenvalue weighted by Gasteiger charge is 1.97. The molecule has 1 aromatic carbocycles. The highest BCUT2D eigenvalue weighted by molar-refractivity contribution is 5.93. The molecule has 150 valence electrons. The predicted octanol–water partition coefficient (Wildman–Crippen LogP) is 8.31. The van der Waals surface area contributed by atoms with Gasteiger partial charge in [0.25, 0.3) is 0 Å². The lowest BCUT2D eigenvalue weighted by Gasteiger charge is -2.00. The third-order valence-electron chi connectivity index (χ3n) is 4.95. The van der Waals surface area contributed by atoms with Crippen molar-refractivity contribution in [3.63, 3.8) is 0 Å². The molecule has 0 saturated heterocycles. The van der Waals surface area contributed by atoms with Gasteiger partial charge in [0.15, 0.2) is 5.78 Å². The largest absolute Gasteiger partial charge is 0.295 e. The molecular weight excluding hydrogens is 328 g/mol. The lowest BCUT2D eigenvalue weighted by molar-refractivity contribution is -0.114. The number of allylic oxidation sites excluding steroid dienone is 3. The van der Waals surface area contributed by atoms with E-state index in [4.69, 9.17) is 0 Å². The Kier molecular flexibility index (Phi) is 15.4. The Labute approximate surface area is 168 Å². The molecule has 0 aliphatic carbocycles. The van der Waals surface area contributed by atoms with Gasteiger partial charge in [-0.15, -0.1) is 0 Å². The lowest BCUT2D eigenvalue weighted by Crippen LogP contribution is -1.92. The van der Waals surface area contributed by atoms with Gasteiger partial charge in [0, 0.05) is 6.42 Å². The minimum Gasteiger partial charge on any atom is -0.295 e. The van der Waals surface area contributed by atoms with Gasteiger partial charge in [-0.2, -0.15) is 0 Å². The van der Waals surface area contributed by atoms with Crippen LogP contribution in [0.15, 0.2) is 48.6 Å². The van der Waals surface area contributed by atoms with E-state index in [2.05, 4.69) is 19.1 Å². The zero-order valence-corrected chi connectivity index (χ0v) is 17.5. The Hall–Kier alpha value is -1.63. The summed E-state index contributed by atoms with van der Waals surface area (Å²) in [4.78, 5) is 11.9. The monoisotopic (exact) mass is 368 g/mol. The van der Waals surface area contributed by atoms with Gasteiger partial charge in [0.1, 0.15) is 0 Å². The zero-order valence-electron chi connectivity index (χ0n) is 17.5. The molecule has 0 aliphatic heterocycles. The minimum atomic E-state index is 0.247. The summed E-state index contributed by atoms with van der Waals surface area (Å²) >= 11 is 0. The van der Waals surface area contributed by atoms with Crippen molar-refractivity contribution in [2.45, 2.75) is 96.8 Å². The van der Waals surface area contributed by atoms with Crippen molar-refractivity contribution in [3.8, 4) is 0 Å². The summed E-state index contributed by atoms with van der Waals surface area (Å²) < 4.78 is 0. The molecule has 0 unspecified atom stereocenters. The van der Waals surface area contributed by atoms with Gasteiger partial charge >= 0.3 is 0 Å². The van der Waals surface area contributed by atoms with E-state index in [9.17, 15) is 4.79 Å². The maximum atomic E-state index is 11.9. The fourth-order valence-electron chi connectivity index (χ4n) is 3.21. The molecule has 0 amide bonds. The van der Waals surface area contributed by atoms with Crippen LogP contribution in [0.5, 0.6) is 0 Å². The van der Waals surface area contributed by atoms with Crippen LogP contribution in [0.3, 0.4) is 0 Å². The van der Waals surface area contributed by atoms with Gasteiger partial charge in [-0.3, -0.25) is 4.79 Å². The third-order valence-corrected chi connectivity index (χ3v) is 4.95. The van der Waals surface area contributed by atoms with E-state index in [-0.39, 0.29) is 5.78 Å². The molecule has 0 N–H and O–H groups in total. The van der Waals surface area contributed by atoms with Gasteiger partial charge in [-0.25, -0.2) is 0 Å². The second kappa shape index (κ2) is 17.8. The quantitative estimate of drug-likeness (QED) is 0.153. The molecule has 1 nitrogen and oxygen atoms in total. The first-order valence-corrected chi connectivity index (χ1v) is 11.2. The Morgan fingerprint density at radius 3 is 1.93 bits per heavy atom.